The first-order valence-electron chi connectivity index (χ1n) is 7.50. The van der Waals surface area contributed by atoms with Crippen LogP contribution in [0.2, 0.25) is 0 Å². The predicted molar refractivity (Wildman–Crippen MR) is 86.4 cm³/mol. The van der Waals surface area contributed by atoms with E-state index in [1.54, 1.807) is 20.8 Å². The third kappa shape index (κ3) is 7.86. The Hall–Kier alpha value is -2.55. The van der Waals surface area contributed by atoms with Crippen LogP contribution < -0.4 is 10.6 Å². The molecule has 0 spiro atoms. The molecule has 0 aliphatic carbocycles. The molecule has 0 saturated heterocycles. The highest BCUT2D eigenvalue weighted by molar-refractivity contribution is 5.77. The van der Waals surface area contributed by atoms with Crippen molar-refractivity contribution in [2.75, 3.05) is 6.54 Å². The lowest BCUT2D eigenvalue weighted by molar-refractivity contribution is -0.121. The molecule has 0 fully saturated rings. The number of nitrogens with one attached hydrogen (secondary N) is 2. The lowest BCUT2D eigenvalue weighted by Gasteiger charge is -2.20. The Kier molecular flexibility index (Phi) is 7.07. The Balaban J connectivity index is 2.42. The average molecular weight is 317 g/mol. The first-order chi connectivity index (χ1) is 10.8. The van der Waals surface area contributed by atoms with Crippen LogP contribution in [-0.4, -0.2) is 24.1 Å². The van der Waals surface area contributed by atoms with Crippen LogP contribution in [0.15, 0.2) is 30.3 Å². The molecule has 1 rings (SSSR count). The molecule has 0 saturated carbocycles. The molecule has 2 amide bonds. The van der Waals surface area contributed by atoms with Crippen LogP contribution in [0, 0.1) is 11.3 Å². The first-order valence-corrected chi connectivity index (χ1v) is 7.50. The van der Waals surface area contributed by atoms with Crippen LogP contribution in [0.5, 0.6) is 0 Å². The van der Waals surface area contributed by atoms with Crippen molar-refractivity contribution >= 4 is 12.0 Å². The lowest BCUT2D eigenvalue weighted by Crippen LogP contribution is -2.36. The van der Waals surface area contributed by atoms with Crippen molar-refractivity contribution in [2.24, 2.45) is 0 Å². The number of alkyl carbamates (subject to hydrolysis) is 1. The summed E-state index contributed by atoms with van der Waals surface area (Å²) in [5.41, 5.74) is 0.305. The molecule has 0 radical (unpaired) electrons. The lowest BCUT2D eigenvalue weighted by atomic mass is 10.0. The molecule has 0 aliphatic heterocycles. The highest BCUT2D eigenvalue weighted by Crippen LogP contribution is 2.15. The number of amides is 2. The monoisotopic (exact) mass is 317 g/mol. The zero-order valence-electron chi connectivity index (χ0n) is 13.8. The van der Waals surface area contributed by atoms with Gasteiger partial charge in [-0.2, -0.15) is 5.26 Å². The van der Waals surface area contributed by atoms with Crippen molar-refractivity contribution in [3.63, 3.8) is 0 Å². The Morgan fingerprint density at radius 1 is 1.26 bits per heavy atom. The second kappa shape index (κ2) is 8.79. The van der Waals surface area contributed by atoms with E-state index in [0.717, 1.165) is 5.56 Å². The van der Waals surface area contributed by atoms with Gasteiger partial charge in [0.2, 0.25) is 5.91 Å². The molecule has 0 aromatic heterocycles. The molecule has 0 aliphatic rings. The Morgan fingerprint density at radius 2 is 1.91 bits per heavy atom. The summed E-state index contributed by atoms with van der Waals surface area (Å²) in [5.74, 6) is -0.231. The summed E-state index contributed by atoms with van der Waals surface area (Å²) in [4.78, 5) is 23.4. The minimum absolute atomic E-state index is 0.119. The van der Waals surface area contributed by atoms with E-state index in [4.69, 9.17) is 10.00 Å². The fraction of sp³-hybridized carbons (Fsp3) is 0.471. The number of carbonyl (C=O) groups is 2. The van der Waals surface area contributed by atoms with E-state index in [1.165, 1.54) is 0 Å². The zero-order chi connectivity index (χ0) is 17.3. The number of nitrogens with zero attached hydrogens (tertiary/aromatic N) is 1. The molecule has 6 nitrogen and oxygen atoms in total. The molecular weight excluding hydrogens is 294 g/mol. The van der Waals surface area contributed by atoms with Gasteiger partial charge in [-0.05, 0) is 26.3 Å². The molecule has 0 unspecified atom stereocenters. The molecular formula is C17H23N3O3. The van der Waals surface area contributed by atoms with Gasteiger partial charge >= 0.3 is 6.09 Å². The minimum Gasteiger partial charge on any atom is -0.444 e. The Labute approximate surface area is 136 Å². The van der Waals surface area contributed by atoms with Gasteiger partial charge in [0.25, 0.3) is 0 Å². The molecule has 6 heteroatoms. The first kappa shape index (κ1) is 18.5. The summed E-state index contributed by atoms with van der Waals surface area (Å²) in [6.45, 7) is 5.48. The Bertz CT molecular complexity index is 559. The van der Waals surface area contributed by atoms with Gasteiger partial charge in [-0.25, -0.2) is 4.79 Å². The summed E-state index contributed by atoms with van der Waals surface area (Å²) < 4.78 is 5.08. The summed E-state index contributed by atoms with van der Waals surface area (Å²) >= 11 is 0. The van der Waals surface area contributed by atoms with Gasteiger partial charge in [0.15, 0.2) is 0 Å². The van der Waals surface area contributed by atoms with Gasteiger partial charge in [0, 0.05) is 13.0 Å². The van der Waals surface area contributed by atoms with Crippen LogP contribution in [0.1, 0.15) is 45.2 Å². The second-order valence-electron chi connectivity index (χ2n) is 6.07. The summed E-state index contributed by atoms with van der Waals surface area (Å²) in [5, 5.41) is 14.2. The minimum atomic E-state index is -0.572. The summed E-state index contributed by atoms with van der Waals surface area (Å²) in [6.07, 6.45) is -0.245. The highest BCUT2D eigenvalue weighted by atomic mass is 16.6. The zero-order valence-corrected chi connectivity index (χ0v) is 13.8. The van der Waals surface area contributed by atoms with Crippen molar-refractivity contribution < 1.29 is 14.3 Å². The van der Waals surface area contributed by atoms with Crippen molar-refractivity contribution in [1.82, 2.24) is 10.6 Å². The maximum atomic E-state index is 12.0. The number of hydrogen-bond acceptors (Lipinski definition) is 4. The Morgan fingerprint density at radius 3 is 2.48 bits per heavy atom. The number of ether oxygens (including phenoxy) is 1. The molecule has 1 atom stereocenters. The molecule has 1 aromatic rings. The van der Waals surface area contributed by atoms with Crippen molar-refractivity contribution in [3.8, 4) is 6.07 Å². The standard InChI is InChI=1S/C17H23N3O3/c1-17(2,3)23-16(22)19-12-10-15(21)20-14(9-11-18)13-7-5-4-6-8-13/h4-8,14H,9-10,12H2,1-3H3,(H,19,22)(H,20,21)/t14-/m1/s1. The molecule has 0 bridgehead atoms. The van der Waals surface area contributed by atoms with Gasteiger partial charge in [0.1, 0.15) is 5.60 Å². The van der Waals surface area contributed by atoms with Gasteiger partial charge in [-0.1, -0.05) is 30.3 Å². The van der Waals surface area contributed by atoms with E-state index in [2.05, 4.69) is 16.7 Å². The van der Waals surface area contributed by atoms with Crippen molar-refractivity contribution in [1.29, 1.82) is 5.26 Å². The van der Waals surface area contributed by atoms with Gasteiger partial charge in [-0.3, -0.25) is 4.79 Å². The quantitative estimate of drug-likeness (QED) is 0.844. The number of carbonyl (C=O) groups excluding carboxylic acids is 2. The SMILES string of the molecule is CC(C)(C)OC(=O)NCCC(=O)N[C@H](CC#N)c1ccccc1. The van der Waals surface area contributed by atoms with Crippen LogP contribution in [0.3, 0.4) is 0 Å². The maximum Gasteiger partial charge on any atom is 0.407 e. The molecule has 124 valence electrons. The van der Waals surface area contributed by atoms with Gasteiger partial charge in [-0.15, -0.1) is 0 Å². The summed E-state index contributed by atoms with van der Waals surface area (Å²) in [6, 6.07) is 11.0. The molecule has 23 heavy (non-hydrogen) atoms. The highest BCUT2D eigenvalue weighted by Gasteiger charge is 2.17. The fourth-order valence-electron chi connectivity index (χ4n) is 1.89. The third-order valence-electron chi connectivity index (χ3n) is 2.85. The largest absolute Gasteiger partial charge is 0.444 e. The van der Waals surface area contributed by atoms with Gasteiger partial charge < -0.3 is 15.4 Å². The second-order valence-corrected chi connectivity index (χ2v) is 6.07. The normalized spacial score (nSPS) is 11.9. The van der Waals surface area contributed by atoms with E-state index < -0.39 is 11.7 Å². The maximum absolute atomic E-state index is 12.0. The molecule has 0 heterocycles. The number of rotatable bonds is 6. The number of benzene rings is 1. The summed E-state index contributed by atoms with van der Waals surface area (Å²) in [7, 11) is 0. The van der Waals surface area contributed by atoms with Gasteiger partial charge in [0.05, 0.1) is 18.5 Å². The number of hydrogen-bond donors (Lipinski definition) is 2. The average Bonchev–Trinajstić information content (AvgIpc) is 2.46. The van der Waals surface area contributed by atoms with Crippen molar-refractivity contribution in [3.05, 3.63) is 35.9 Å². The van der Waals surface area contributed by atoms with E-state index in [9.17, 15) is 9.59 Å². The van der Waals surface area contributed by atoms with E-state index in [0.29, 0.717) is 0 Å². The van der Waals surface area contributed by atoms with Crippen LogP contribution >= 0.6 is 0 Å². The fourth-order valence-corrected chi connectivity index (χ4v) is 1.89. The van der Waals surface area contributed by atoms with E-state index in [-0.39, 0.29) is 31.3 Å². The third-order valence-corrected chi connectivity index (χ3v) is 2.85. The predicted octanol–water partition coefficient (Wildman–Crippen LogP) is 2.67. The van der Waals surface area contributed by atoms with Crippen LogP contribution in [0.25, 0.3) is 0 Å². The van der Waals surface area contributed by atoms with Crippen LogP contribution in [-0.2, 0) is 9.53 Å². The smallest absolute Gasteiger partial charge is 0.407 e. The van der Waals surface area contributed by atoms with Crippen molar-refractivity contribution in [2.45, 2.75) is 45.3 Å². The molecule has 2 N–H and O–H groups in total. The number of nitriles is 1. The van der Waals surface area contributed by atoms with Crippen LogP contribution in [0.4, 0.5) is 4.79 Å². The topological polar surface area (TPSA) is 91.2 Å². The van der Waals surface area contributed by atoms with E-state index >= 15 is 0 Å². The van der Waals surface area contributed by atoms with E-state index in [1.807, 2.05) is 30.3 Å². The molecule has 1 aromatic carbocycles.